The normalized spacial score (nSPS) is 36.1. The molecule has 2 aromatic rings. The second-order valence-corrected chi connectivity index (χ2v) is 18.0. The molecule has 49 heavy (non-hydrogen) atoms. The first-order valence-electron chi connectivity index (χ1n) is 18.7. The van der Waals surface area contributed by atoms with Gasteiger partial charge in [0.1, 0.15) is 5.75 Å². The van der Waals surface area contributed by atoms with E-state index < -0.39 is 21.2 Å². The van der Waals surface area contributed by atoms with Gasteiger partial charge in [-0.25, -0.2) is 13.1 Å². The van der Waals surface area contributed by atoms with Crippen LogP contribution < -0.4 is 14.4 Å². The number of ether oxygens (including phenoxy) is 3. The highest BCUT2D eigenvalue weighted by atomic mass is 35.5. The van der Waals surface area contributed by atoms with Gasteiger partial charge in [0.05, 0.1) is 29.8 Å². The number of benzene rings is 2. The number of nitrogens with zero attached hydrogens (tertiary/aromatic N) is 1. The first-order chi connectivity index (χ1) is 23.5. The summed E-state index contributed by atoms with van der Waals surface area (Å²) in [7, 11) is -3.90. The molecule has 2 aliphatic carbocycles. The molecule has 2 fully saturated rings. The van der Waals surface area contributed by atoms with Crippen molar-refractivity contribution in [1.29, 1.82) is 0 Å². The molecule has 1 amide bonds. The van der Waals surface area contributed by atoms with E-state index in [0.717, 1.165) is 93.8 Å². The van der Waals surface area contributed by atoms with Crippen LogP contribution >= 0.6 is 11.6 Å². The number of hydrogen-bond acceptors (Lipinski definition) is 7. The largest absolute Gasteiger partial charge is 0.490 e. The highest BCUT2D eigenvalue weighted by Gasteiger charge is 2.48. The molecule has 10 heteroatoms. The summed E-state index contributed by atoms with van der Waals surface area (Å²) < 4.78 is 49.4. The van der Waals surface area contributed by atoms with Crippen LogP contribution in [0.25, 0.3) is 0 Å². The van der Waals surface area contributed by atoms with Crippen molar-refractivity contribution >= 4 is 33.2 Å². The quantitative estimate of drug-likeness (QED) is 0.349. The Balaban J connectivity index is 1.28. The van der Waals surface area contributed by atoms with Crippen LogP contribution in [0.3, 0.4) is 0 Å². The Labute approximate surface area is 297 Å². The smallest absolute Gasteiger partial charge is 0.264 e. The number of sulfonamides is 1. The number of fused-ring (bicyclic) bond motifs is 4. The molecule has 268 valence electrons. The lowest BCUT2D eigenvalue weighted by atomic mass is 9.64. The highest BCUT2D eigenvalue weighted by molar-refractivity contribution is 7.90. The van der Waals surface area contributed by atoms with Crippen molar-refractivity contribution in [2.24, 2.45) is 23.7 Å². The van der Waals surface area contributed by atoms with Gasteiger partial charge in [0, 0.05) is 35.0 Å². The number of hydrogen-bond donors (Lipinski definition) is 1. The monoisotopic (exact) mass is 712 g/mol. The van der Waals surface area contributed by atoms with E-state index in [4.69, 9.17) is 25.8 Å². The van der Waals surface area contributed by atoms with Crippen molar-refractivity contribution < 1.29 is 27.4 Å². The van der Waals surface area contributed by atoms with Crippen LogP contribution in [0.4, 0.5) is 5.69 Å². The summed E-state index contributed by atoms with van der Waals surface area (Å²) in [6, 6.07) is 11.7. The van der Waals surface area contributed by atoms with Gasteiger partial charge in [0.25, 0.3) is 5.91 Å². The van der Waals surface area contributed by atoms with Gasteiger partial charge in [-0.15, -0.1) is 0 Å². The predicted octanol–water partition coefficient (Wildman–Crippen LogP) is 7.65. The molecule has 2 bridgehead atoms. The first-order valence-corrected chi connectivity index (χ1v) is 20.6. The molecular weight excluding hydrogens is 660 g/mol. The summed E-state index contributed by atoms with van der Waals surface area (Å²) in [4.78, 5) is 16.0. The van der Waals surface area contributed by atoms with Gasteiger partial charge >= 0.3 is 0 Å². The first kappa shape index (κ1) is 35.1. The average molecular weight is 713 g/mol. The van der Waals surface area contributed by atoms with Gasteiger partial charge in [-0.3, -0.25) is 4.79 Å². The van der Waals surface area contributed by atoms with Crippen molar-refractivity contribution in [3.05, 3.63) is 58.1 Å². The Morgan fingerprint density at radius 3 is 2.45 bits per heavy atom. The topological polar surface area (TPSA) is 94.2 Å². The van der Waals surface area contributed by atoms with Crippen molar-refractivity contribution in [3.63, 3.8) is 0 Å². The van der Waals surface area contributed by atoms with Crippen LogP contribution in [0, 0.1) is 23.7 Å². The molecule has 0 radical (unpaired) electrons. The minimum atomic E-state index is -3.90. The second kappa shape index (κ2) is 14.0. The second-order valence-electron chi connectivity index (χ2n) is 15.6. The lowest BCUT2D eigenvalue weighted by Gasteiger charge is -2.47. The van der Waals surface area contributed by atoms with E-state index in [0.29, 0.717) is 24.0 Å². The highest BCUT2D eigenvalue weighted by Crippen LogP contribution is 2.50. The fraction of sp³-hybridized carbons (Fsp3) is 0.667. The Kier molecular flexibility index (Phi) is 10.0. The SMILES string of the molecule is CC[C@@H]1O[C@@H]([C@H]2CCC[C@H](C)[C@@H](C)S(=O)(=O)NC(=O)c3ccc4c(c3)N(C[C@@H]3CC[C@H]32)C[C@@]2(CCCc3cc(Cl)ccc32)CO4)O[C@@H]1CC. The molecule has 0 aromatic heterocycles. The van der Waals surface area contributed by atoms with E-state index in [1.54, 1.807) is 13.0 Å². The van der Waals surface area contributed by atoms with Crippen LogP contribution in [-0.2, 0) is 31.3 Å². The third-order valence-corrected chi connectivity index (χ3v) is 14.8. The molecule has 7 rings (SSSR count). The maximum absolute atomic E-state index is 13.6. The van der Waals surface area contributed by atoms with Crippen LogP contribution in [0.1, 0.15) is 107 Å². The standard InChI is InChI=1S/C39H53ClN2O6S/c1-5-34-35(6-2)48-38(47-34)31-11-7-9-24(3)25(4)49(44,45)41-37(43)27-13-17-36-33(20-27)42(21-28-12-15-30(28)31)22-39(23-46-36)18-8-10-26-19-29(40)14-16-32(26)39/h13-14,16-17,19-20,24-25,28,30-31,34-35,38H,5-12,15,18,21-23H2,1-4H3,(H,41,43)/t24-,25+,28-,30+,31-,34-,35+,38+,39-/m0/s1. The lowest BCUT2D eigenvalue weighted by Crippen LogP contribution is -2.50. The van der Waals surface area contributed by atoms with Crippen LogP contribution in [0.15, 0.2) is 36.4 Å². The zero-order valence-electron chi connectivity index (χ0n) is 29.5. The Hall–Kier alpha value is -2.33. The van der Waals surface area contributed by atoms with E-state index in [9.17, 15) is 13.2 Å². The summed E-state index contributed by atoms with van der Waals surface area (Å²) in [6.45, 7) is 10.1. The molecule has 1 N–H and O–H groups in total. The third-order valence-electron chi connectivity index (χ3n) is 12.7. The zero-order chi connectivity index (χ0) is 34.5. The predicted molar refractivity (Wildman–Crippen MR) is 193 cm³/mol. The summed E-state index contributed by atoms with van der Waals surface area (Å²) in [6.07, 6.45) is 9.64. The molecule has 2 aromatic carbocycles. The summed E-state index contributed by atoms with van der Waals surface area (Å²) in [5.41, 5.74) is 3.51. The molecule has 1 saturated heterocycles. The number of rotatable bonds is 3. The maximum atomic E-state index is 13.6. The van der Waals surface area contributed by atoms with E-state index in [-0.39, 0.29) is 35.7 Å². The van der Waals surface area contributed by atoms with Gasteiger partial charge in [0.2, 0.25) is 10.0 Å². The van der Waals surface area contributed by atoms with Crippen LogP contribution in [0.2, 0.25) is 5.02 Å². The Morgan fingerprint density at radius 1 is 0.959 bits per heavy atom. The fourth-order valence-corrected chi connectivity index (χ4v) is 10.9. The molecular formula is C39H53ClN2O6S. The lowest BCUT2D eigenvalue weighted by molar-refractivity contribution is -0.139. The van der Waals surface area contributed by atoms with E-state index >= 15 is 0 Å². The molecule has 8 nitrogen and oxygen atoms in total. The molecule has 0 unspecified atom stereocenters. The van der Waals surface area contributed by atoms with E-state index in [2.05, 4.69) is 35.6 Å². The maximum Gasteiger partial charge on any atom is 0.264 e. The van der Waals surface area contributed by atoms with Crippen molar-refractivity contribution in [2.45, 2.75) is 121 Å². The van der Waals surface area contributed by atoms with Gasteiger partial charge in [-0.05, 0) is 124 Å². The van der Waals surface area contributed by atoms with Crippen molar-refractivity contribution in [3.8, 4) is 5.75 Å². The van der Waals surface area contributed by atoms with Crippen LogP contribution in [-0.4, -0.2) is 57.8 Å². The van der Waals surface area contributed by atoms with Gasteiger partial charge < -0.3 is 19.1 Å². The van der Waals surface area contributed by atoms with Crippen LogP contribution in [0.5, 0.6) is 5.75 Å². The number of aryl methyl sites for hydroxylation is 1. The van der Waals surface area contributed by atoms with Crippen molar-refractivity contribution in [2.75, 3.05) is 24.6 Å². The number of anilines is 1. The third kappa shape index (κ3) is 6.74. The van der Waals surface area contributed by atoms with Gasteiger partial charge in [-0.1, -0.05) is 44.9 Å². The number of halogens is 1. The summed E-state index contributed by atoms with van der Waals surface area (Å²) in [5.74, 6) is 1.10. The number of nitrogens with one attached hydrogen (secondary N) is 1. The molecule has 1 spiro atoms. The number of amides is 1. The van der Waals surface area contributed by atoms with Gasteiger partial charge in [-0.2, -0.15) is 0 Å². The van der Waals surface area contributed by atoms with E-state index in [1.807, 2.05) is 25.1 Å². The molecule has 1 saturated carbocycles. The fourth-order valence-electron chi connectivity index (χ4n) is 9.44. The number of carbonyl (C=O) groups is 1. The Bertz CT molecular complexity index is 1640. The van der Waals surface area contributed by atoms with Crippen molar-refractivity contribution in [1.82, 2.24) is 4.72 Å². The number of carbonyl (C=O) groups excluding carboxylic acids is 1. The Morgan fingerprint density at radius 2 is 1.73 bits per heavy atom. The molecule has 9 atom stereocenters. The zero-order valence-corrected chi connectivity index (χ0v) is 31.0. The molecule has 5 aliphatic rings. The molecule has 3 heterocycles. The minimum absolute atomic E-state index is 0.106. The average Bonchev–Trinajstić information content (AvgIpc) is 3.43. The van der Waals surface area contributed by atoms with E-state index in [1.165, 1.54) is 11.1 Å². The summed E-state index contributed by atoms with van der Waals surface area (Å²) in [5, 5.41) is 0.0378. The minimum Gasteiger partial charge on any atom is -0.490 e. The summed E-state index contributed by atoms with van der Waals surface area (Å²) >= 11 is 6.48. The van der Waals surface area contributed by atoms with Gasteiger partial charge in [0.15, 0.2) is 6.29 Å². The molecule has 3 aliphatic heterocycles.